The van der Waals surface area contributed by atoms with Crippen LogP contribution in [-0.2, 0) is 22.6 Å². The van der Waals surface area contributed by atoms with Crippen LogP contribution in [0.3, 0.4) is 0 Å². The van der Waals surface area contributed by atoms with Gasteiger partial charge in [0.15, 0.2) is 16.0 Å². The molecule has 174 valence electrons. The number of para-hydroxylation sites is 1. The molecule has 4 rings (SSSR count). The quantitative estimate of drug-likeness (QED) is 0.233. The maximum Gasteiger partial charge on any atom is 0.357 e. The Bertz CT molecular complexity index is 1280. The molecule has 0 N–H and O–H groups in total. The monoisotopic (exact) mass is 492 g/mol. The van der Waals surface area contributed by atoms with Crippen molar-refractivity contribution in [2.45, 2.75) is 32.0 Å². The molecular formula is C25H24N4O3S2. The van der Waals surface area contributed by atoms with Crippen LogP contribution in [0.15, 0.2) is 71.3 Å². The van der Waals surface area contributed by atoms with Crippen LogP contribution in [-0.4, -0.2) is 32.7 Å². The molecule has 0 saturated heterocycles. The van der Waals surface area contributed by atoms with E-state index >= 15 is 0 Å². The van der Waals surface area contributed by atoms with Gasteiger partial charge < -0.3 is 4.74 Å². The van der Waals surface area contributed by atoms with Gasteiger partial charge in [-0.05, 0) is 42.5 Å². The number of esters is 1. The van der Waals surface area contributed by atoms with Gasteiger partial charge in [-0.2, -0.15) is 0 Å². The zero-order chi connectivity index (χ0) is 24.1. The molecule has 2 heterocycles. The van der Waals surface area contributed by atoms with Crippen molar-refractivity contribution in [1.82, 2.24) is 14.5 Å². The molecule has 0 aliphatic carbocycles. The van der Waals surface area contributed by atoms with E-state index in [2.05, 4.69) is 16.9 Å². The molecule has 0 atom stereocenters. The summed E-state index contributed by atoms with van der Waals surface area (Å²) >= 11 is 2.78. The number of carbonyl (C=O) groups is 2. The topological polar surface area (TPSA) is 77.3 Å². The molecule has 1 amide bonds. The number of thiazole rings is 1. The highest BCUT2D eigenvalue weighted by atomic mass is 32.2. The first kappa shape index (κ1) is 23.7. The fraction of sp³-hybridized carbons (Fsp3) is 0.200. The highest BCUT2D eigenvalue weighted by molar-refractivity contribution is 7.98. The van der Waals surface area contributed by atoms with Gasteiger partial charge >= 0.3 is 5.97 Å². The lowest BCUT2D eigenvalue weighted by molar-refractivity contribution is -0.115. The summed E-state index contributed by atoms with van der Waals surface area (Å²) in [5.74, 6) is -0.636. The van der Waals surface area contributed by atoms with E-state index in [0.717, 1.165) is 17.8 Å². The normalized spacial score (nSPS) is 10.8. The van der Waals surface area contributed by atoms with Crippen LogP contribution in [0.25, 0.3) is 5.69 Å². The summed E-state index contributed by atoms with van der Waals surface area (Å²) < 4.78 is 7.33. The minimum absolute atomic E-state index is 0.00950. The number of benzene rings is 2. The third-order valence-electron chi connectivity index (χ3n) is 5.14. The molecule has 0 saturated carbocycles. The number of amides is 1. The maximum atomic E-state index is 12.9. The standard InChI is InChI=1S/C25H24N4O3S2/c1-4-18-10-12-21(13-11-18)28(17(2)30)25-27-19(16-34-25)15-32-23(31)22-14-26-24(33-3)29(22)20-8-6-5-7-9-20/h5-14,16H,4,15H2,1-3H3. The zero-order valence-corrected chi connectivity index (χ0v) is 20.7. The van der Waals surface area contributed by atoms with Crippen LogP contribution in [0.1, 0.15) is 35.6 Å². The van der Waals surface area contributed by atoms with Crippen molar-refractivity contribution in [3.8, 4) is 5.69 Å². The van der Waals surface area contributed by atoms with E-state index < -0.39 is 5.97 Å². The minimum Gasteiger partial charge on any atom is -0.454 e. The maximum absolute atomic E-state index is 12.9. The van der Waals surface area contributed by atoms with Crippen LogP contribution in [0.2, 0.25) is 0 Å². The van der Waals surface area contributed by atoms with Gasteiger partial charge in [-0.3, -0.25) is 14.3 Å². The molecule has 0 radical (unpaired) electrons. The van der Waals surface area contributed by atoms with Gasteiger partial charge in [-0.25, -0.2) is 14.8 Å². The predicted octanol–water partition coefficient (Wildman–Crippen LogP) is 5.65. The number of rotatable bonds is 8. The molecule has 0 spiro atoms. The van der Waals surface area contributed by atoms with E-state index in [-0.39, 0.29) is 12.5 Å². The van der Waals surface area contributed by atoms with E-state index in [1.807, 2.05) is 60.9 Å². The van der Waals surface area contributed by atoms with Crippen LogP contribution >= 0.6 is 23.1 Å². The van der Waals surface area contributed by atoms with Crippen molar-refractivity contribution < 1.29 is 14.3 Å². The number of thioether (sulfide) groups is 1. The molecule has 0 aliphatic rings. The summed E-state index contributed by atoms with van der Waals surface area (Å²) in [4.78, 5) is 35.7. The average Bonchev–Trinajstić information content (AvgIpc) is 3.50. The molecule has 4 aromatic rings. The molecule has 7 nitrogen and oxygen atoms in total. The molecule has 9 heteroatoms. The Morgan fingerprint density at radius 1 is 1.12 bits per heavy atom. The molecule has 0 unspecified atom stereocenters. The lowest BCUT2D eigenvalue weighted by Gasteiger charge is -2.18. The molecule has 0 bridgehead atoms. The number of imidazole rings is 1. The number of ether oxygens (including phenoxy) is 1. The fourth-order valence-electron chi connectivity index (χ4n) is 3.44. The Kier molecular flexibility index (Phi) is 7.44. The second-order valence-corrected chi connectivity index (χ2v) is 8.98. The van der Waals surface area contributed by atoms with Crippen LogP contribution in [0.4, 0.5) is 10.8 Å². The second kappa shape index (κ2) is 10.7. The van der Waals surface area contributed by atoms with Gasteiger partial charge in [0.25, 0.3) is 0 Å². The molecule has 2 aromatic heterocycles. The zero-order valence-electron chi connectivity index (χ0n) is 19.1. The summed E-state index contributed by atoms with van der Waals surface area (Å²) in [6.45, 7) is 3.58. The Balaban J connectivity index is 1.50. The van der Waals surface area contributed by atoms with Gasteiger partial charge in [0, 0.05) is 18.0 Å². The summed E-state index contributed by atoms with van der Waals surface area (Å²) in [7, 11) is 0. The first-order valence-electron chi connectivity index (χ1n) is 10.7. The first-order chi connectivity index (χ1) is 16.5. The van der Waals surface area contributed by atoms with Gasteiger partial charge in [0.1, 0.15) is 6.61 Å². The number of nitrogens with zero attached hydrogens (tertiary/aromatic N) is 4. The number of anilines is 2. The highest BCUT2D eigenvalue weighted by Crippen LogP contribution is 2.30. The second-order valence-electron chi connectivity index (χ2n) is 7.37. The third kappa shape index (κ3) is 5.05. The smallest absolute Gasteiger partial charge is 0.357 e. The van der Waals surface area contributed by atoms with Gasteiger partial charge in [-0.15, -0.1) is 11.3 Å². The van der Waals surface area contributed by atoms with Crippen LogP contribution in [0.5, 0.6) is 0 Å². The van der Waals surface area contributed by atoms with E-state index in [4.69, 9.17) is 4.74 Å². The van der Waals surface area contributed by atoms with E-state index in [0.29, 0.717) is 21.7 Å². The predicted molar refractivity (Wildman–Crippen MR) is 135 cm³/mol. The number of hydrogen-bond acceptors (Lipinski definition) is 7. The number of hydrogen-bond donors (Lipinski definition) is 0. The van der Waals surface area contributed by atoms with Crippen molar-refractivity contribution in [3.05, 3.63) is 83.1 Å². The molecule has 0 aliphatic heterocycles. The number of carbonyl (C=O) groups excluding carboxylic acids is 2. The van der Waals surface area contributed by atoms with Gasteiger partial charge in [0.05, 0.1) is 17.6 Å². The van der Waals surface area contributed by atoms with E-state index in [1.54, 1.807) is 14.8 Å². The molecule has 34 heavy (non-hydrogen) atoms. The fourth-order valence-corrected chi connectivity index (χ4v) is 4.85. The highest BCUT2D eigenvalue weighted by Gasteiger charge is 2.21. The molecule has 2 aromatic carbocycles. The van der Waals surface area contributed by atoms with Crippen molar-refractivity contribution >= 4 is 45.8 Å². The lowest BCUT2D eigenvalue weighted by Crippen LogP contribution is -2.22. The number of aryl methyl sites for hydroxylation is 1. The Labute approximate surface area is 206 Å². The number of aromatic nitrogens is 3. The van der Waals surface area contributed by atoms with Crippen molar-refractivity contribution in [3.63, 3.8) is 0 Å². The minimum atomic E-state index is -0.496. The SMILES string of the molecule is CCc1ccc(N(C(C)=O)c2nc(COC(=O)c3cnc(SC)n3-c3ccccc3)cs2)cc1. The molecular weight excluding hydrogens is 468 g/mol. The lowest BCUT2D eigenvalue weighted by atomic mass is 10.1. The van der Waals surface area contributed by atoms with Crippen LogP contribution < -0.4 is 4.90 Å². The third-order valence-corrected chi connectivity index (χ3v) is 6.66. The van der Waals surface area contributed by atoms with Crippen molar-refractivity contribution in [2.24, 2.45) is 0 Å². The largest absolute Gasteiger partial charge is 0.454 e. The van der Waals surface area contributed by atoms with Gasteiger partial charge in [0.2, 0.25) is 5.91 Å². The van der Waals surface area contributed by atoms with Crippen molar-refractivity contribution in [1.29, 1.82) is 0 Å². The van der Waals surface area contributed by atoms with Gasteiger partial charge in [-0.1, -0.05) is 49.0 Å². The Morgan fingerprint density at radius 3 is 2.50 bits per heavy atom. The van der Waals surface area contributed by atoms with Crippen LogP contribution in [0, 0.1) is 0 Å². The Hall–Kier alpha value is -3.43. The average molecular weight is 493 g/mol. The summed E-state index contributed by atoms with van der Waals surface area (Å²) in [5, 5.41) is 3.02. The molecule has 0 fully saturated rings. The Morgan fingerprint density at radius 2 is 1.85 bits per heavy atom. The van der Waals surface area contributed by atoms with E-state index in [1.165, 1.54) is 41.8 Å². The summed E-state index contributed by atoms with van der Waals surface area (Å²) in [6.07, 6.45) is 4.35. The summed E-state index contributed by atoms with van der Waals surface area (Å²) in [6, 6.07) is 17.4. The first-order valence-corrected chi connectivity index (χ1v) is 12.8. The summed E-state index contributed by atoms with van der Waals surface area (Å²) in [5.41, 5.74) is 3.68. The van der Waals surface area contributed by atoms with E-state index in [9.17, 15) is 9.59 Å². The van der Waals surface area contributed by atoms with Crippen molar-refractivity contribution in [2.75, 3.05) is 11.2 Å².